The van der Waals surface area contributed by atoms with Crippen LogP contribution in [-0.2, 0) is 20.5 Å². The van der Waals surface area contributed by atoms with E-state index in [0.29, 0.717) is 30.4 Å². The molecule has 1 unspecified atom stereocenters. The monoisotopic (exact) mass is 353 g/mol. The van der Waals surface area contributed by atoms with Gasteiger partial charge in [-0.3, -0.25) is 0 Å². The van der Waals surface area contributed by atoms with Crippen LogP contribution in [0.5, 0.6) is 0 Å². The topological polar surface area (TPSA) is 70.8 Å². The molecule has 1 amide bonds. The summed E-state index contributed by atoms with van der Waals surface area (Å²) in [6.07, 6.45) is -0.195. The molecule has 1 aromatic carbocycles. The van der Waals surface area contributed by atoms with Crippen LogP contribution in [0.25, 0.3) is 0 Å². The van der Waals surface area contributed by atoms with Crippen LogP contribution in [0.4, 0.5) is 13.6 Å². The first-order valence-corrected chi connectivity index (χ1v) is 8.36. The van der Waals surface area contributed by atoms with Gasteiger partial charge in [0.2, 0.25) is 0 Å². The molecule has 2 aliphatic rings. The lowest BCUT2D eigenvalue weighted by Crippen LogP contribution is -2.41. The molecule has 1 heterocycles. The summed E-state index contributed by atoms with van der Waals surface area (Å²) in [6, 6.07) is 1.20. The largest absolute Gasteiger partial charge is 0.500 e. The van der Waals surface area contributed by atoms with Gasteiger partial charge in [-0.2, -0.15) is 0 Å². The van der Waals surface area contributed by atoms with Crippen molar-refractivity contribution in [3.8, 4) is 0 Å². The van der Waals surface area contributed by atoms with Crippen molar-refractivity contribution < 1.29 is 27.6 Å². The van der Waals surface area contributed by atoms with Gasteiger partial charge in [0.25, 0.3) is 0 Å². The normalized spacial score (nSPS) is 24.1. The maximum absolute atomic E-state index is 15.1. The van der Waals surface area contributed by atoms with Crippen LogP contribution < -0.4 is 11.2 Å². The minimum atomic E-state index is -1.13. The number of rotatable bonds is 2. The molecule has 0 bridgehead atoms. The second-order valence-corrected chi connectivity index (χ2v) is 7.56. The third kappa shape index (κ3) is 3.02. The van der Waals surface area contributed by atoms with Crippen LogP contribution in [0.3, 0.4) is 0 Å². The van der Waals surface area contributed by atoms with Crippen molar-refractivity contribution in [2.75, 3.05) is 0 Å². The first-order chi connectivity index (χ1) is 11.5. The molecule has 0 aromatic heterocycles. The van der Waals surface area contributed by atoms with Crippen molar-refractivity contribution in [3.63, 3.8) is 0 Å². The lowest BCUT2D eigenvalue weighted by molar-refractivity contribution is 0.00578. The Balaban J connectivity index is 2.03. The van der Waals surface area contributed by atoms with Gasteiger partial charge in [0.1, 0.15) is 17.7 Å². The standard InChI is InChI=1S/C17H22BF2NO4/c1-16(2)17(3,4)25-18(24-16)13-11(19)8-10-9(14(13)20)6-5-7-12(10)23-15(21)22/h8,12H,5-7H2,1-4H3,(H2,21,22). The Morgan fingerprint density at radius 3 is 2.44 bits per heavy atom. The average Bonchev–Trinajstić information content (AvgIpc) is 2.67. The molecule has 3 rings (SSSR count). The number of carbonyl (C=O) groups is 1. The van der Waals surface area contributed by atoms with Gasteiger partial charge in [-0.1, -0.05) is 0 Å². The molecule has 1 saturated heterocycles. The number of benzene rings is 1. The molecular weight excluding hydrogens is 331 g/mol. The number of hydrogen-bond donors (Lipinski definition) is 1. The van der Waals surface area contributed by atoms with Crippen molar-refractivity contribution >= 4 is 18.7 Å². The molecule has 1 fully saturated rings. The Morgan fingerprint density at radius 1 is 1.28 bits per heavy atom. The van der Waals surface area contributed by atoms with E-state index in [2.05, 4.69) is 0 Å². The first kappa shape index (κ1) is 18.1. The van der Waals surface area contributed by atoms with Crippen LogP contribution in [0.15, 0.2) is 6.07 Å². The van der Waals surface area contributed by atoms with E-state index in [-0.39, 0.29) is 5.46 Å². The van der Waals surface area contributed by atoms with Crippen molar-refractivity contribution in [2.45, 2.75) is 64.3 Å². The summed E-state index contributed by atoms with van der Waals surface area (Å²) in [7, 11) is -1.13. The molecule has 0 saturated carbocycles. The number of halogens is 2. The van der Waals surface area contributed by atoms with Crippen LogP contribution in [0.1, 0.15) is 57.8 Å². The van der Waals surface area contributed by atoms with Crippen molar-refractivity contribution in [2.24, 2.45) is 5.73 Å². The van der Waals surface area contributed by atoms with Gasteiger partial charge in [0.15, 0.2) is 0 Å². The Hall–Kier alpha value is -1.67. The molecule has 0 radical (unpaired) electrons. The highest BCUT2D eigenvalue weighted by Gasteiger charge is 2.53. The zero-order valence-corrected chi connectivity index (χ0v) is 14.8. The first-order valence-electron chi connectivity index (χ1n) is 8.36. The average molecular weight is 353 g/mol. The van der Waals surface area contributed by atoms with Gasteiger partial charge in [-0.25, -0.2) is 13.6 Å². The molecule has 2 N–H and O–H groups in total. The number of primary amides is 1. The molecule has 8 heteroatoms. The highest BCUT2D eigenvalue weighted by atomic mass is 19.1. The molecule has 25 heavy (non-hydrogen) atoms. The van der Waals surface area contributed by atoms with Gasteiger partial charge in [-0.15, -0.1) is 0 Å². The molecule has 5 nitrogen and oxygen atoms in total. The molecular formula is C17H22BF2NO4. The molecule has 1 aliphatic carbocycles. The quantitative estimate of drug-likeness (QED) is 0.830. The van der Waals surface area contributed by atoms with Crippen LogP contribution in [0.2, 0.25) is 0 Å². The lowest BCUT2D eigenvalue weighted by atomic mass is 9.74. The van der Waals surface area contributed by atoms with Crippen LogP contribution in [-0.4, -0.2) is 24.4 Å². The van der Waals surface area contributed by atoms with Gasteiger partial charge in [0.05, 0.1) is 16.7 Å². The zero-order chi connectivity index (χ0) is 18.6. The number of amides is 1. The van der Waals surface area contributed by atoms with Gasteiger partial charge >= 0.3 is 13.2 Å². The summed E-state index contributed by atoms with van der Waals surface area (Å²) in [5.74, 6) is -1.49. The molecule has 1 aromatic rings. The Labute approximate surface area is 145 Å². The smallest absolute Gasteiger partial charge is 0.442 e. The summed E-state index contributed by atoms with van der Waals surface area (Å²) < 4.78 is 46.4. The van der Waals surface area contributed by atoms with Crippen molar-refractivity contribution in [3.05, 3.63) is 28.8 Å². The Bertz CT molecular complexity index is 707. The summed E-state index contributed by atoms with van der Waals surface area (Å²) in [4.78, 5) is 11.0. The van der Waals surface area contributed by atoms with Crippen molar-refractivity contribution in [1.82, 2.24) is 0 Å². The van der Waals surface area contributed by atoms with Crippen LogP contribution in [0, 0.1) is 11.6 Å². The molecule has 1 aliphatic heterocycles. The number of carbonyl (C=O) groups excluding carboxylic acids is 1. The molecule has 1 atom stereocenters. The van der Waals surface area contributed by atoms with E-state index >= 15 is 4.39 Å². The second-order valence-electron chi connectivity index (χ2n) is 7.56. The summed E-state index contributed by atoms with van der Waals surface area (Å²) in [5.41, 5.74) is 4.05. The van der Waals surface area contributed by atoms with Gasteiger partial charge in [0, 0.05) is 5.56 Å². The number of hydrogen-bond acceptors (Lipinski definition) is 4. The number of fused-ring (bicyclic) bond motifs is 1. The maximum atomic E-state index is 15.1. The fraction of sp³-hybridized carbons (Fsp3) is 0.588. The van der Waals surface area contributed by atoms with Crippen LogP contribution >= 0.6 is 0 Å². The SMILES string of the molecule is CC1(C)OB(c2c(F)cc3c(c2F)CCCC3OC(N)=O)OC1(C)C. The van der Waals surface area contributed by atoms with Gasteiger partial charge in [-0.05, 0) is 58.6 Å². The number of ether oxygens (including phenoxy) is 1. The van der Waals surface area contributed by atoms with E-state index in [9.17, 15) is 9.18 Å². The molecule has 0 spiro atoms. The predicted octanol–water partition coefficient (Wildman–Crippen LogP) is 2.74. The maximum Gasteiger partial charge on any atom is 0.500 e. The Kier molecular flexibility index (Phi) is 4.32. The summed E-state index contributed by atoms with van der Waals surface area (Å²) in [6.45, 7) is 7.27. The lowest BCUT2D eigenvalue weighted by Gasteiger charge is -2.32. The fourth-order valence-corrected chi connectivity index (χ4v) is 3.30. The minimum Gasteiger partial charge on any atom is -0.442 e. The predicted molar refractivity (Wildman–Crippen MR) is 88.4 cm³/mol. The fourth-order valence-electron chi connectivity index (χ4n) is 3.30. The van der Waals surface area contributed by atoms with E-state index in [1.807, 2.05) is 27.7 Å². The van der Waals surface area contributed by atoms with E-state index in [0.717, 1.165) is 0 Å². The minimum absolute atomic E-state index is 0.239. The zero-order valence-electron chi connectivity index (χ0n) is 14.8. The van der Waals surface area contributed by atoms with Gasteiger partial charge < -0.3 is 19.8 Å². The summed E-state index contributed by atoms with van der Waals surface area (Å²) in [5, 5.41) is 0. The third-order valence-electron chi connectivity index (χ3n) is 5.38. The van der Waals surface area contributed by atoms with E-state index in [1.54, 1.807) is 0 Å². The third-order valence-corrected chi connectivity index (χ3v) is 5.38. The Morgan fingerprint density at radius 2 is 1.88 bits per heavy atom. The highest BCUT2D eigenvalue weighted by Crippen LogP contribution is 2.39. The number of nitrogens with two attached hydrogens (primary N) is 1. The van der Waals surface area contributed by atoms with E-state index in [4.69, 9.17) is 19.8 Å². The highest BCUT2D eigenvalue weighted by molar-refractivity contribution is 6.62. The van der Waals surface area contributed by atoms with E-state index in [1.165, 1.54) is 6.07 Å². The van der Waals surface area contributed by atoms with E-state index < -0.39 is 42.2 Å². The molecule has 136 valence electrons. The van der Waals surface area contributed by atoms with Crippen molar-refractivity contribution in [1.29, 1.82) is 0 Å². The second kappa shape index (κ2) is 5.95. The summed E-state index contributed by atoms with van der Waals surface area (Å²) >= 11 is 0.